The number of hydrogen-bond donors (Lipinski definition) is 1. The lowest BCUT2D eigenvalue weighted by molar-refractivity contribution is 0.415. The topological polar surface area (TPSA) is 62.9 Å². The molecular formula is C13H14N4O. The average molecular weight is 242 g/mol. The molecule has 92 valence electrons. The Morgan fingerprint density at radius 3 is 2.72 bits per heavy atom. The van der Waals surface area contributed by atoms with Crippen LogP contribution in [0.3, 0.4) is 0 Å². The molecule has 0 radical (unpaired) electrons. The number of methoxy groups -OCH3 is 1. The smallest absolute Gasteiger partial charge is 0.152 e. The maximum Gasteiger partial charge on any atom is 0.152 e. The highest BCUT2D eigenvalue weighted by atomic mass is 16.5. The van der Waals surface area contributed by atoms with Gasteiger partial charge in [0.2, 0.25) is 0 Å². The van der Waals surface area contributed by atoms with E-state index in [-0.39, 0.29) is 0 Å². The van der Waals surface area contributed by atoms with E-state index in [1.807, 2.05) is 20.0 Å². The third kappa shape index (κ3) is 2.28. The quantitative estimate of drug-likeness (QED) is 0.897. The van der Waals surface area contributed by atoms with Crippen LogP contribution in [0.5, 0.6) is 5.75 Å². The van der Waals surface area contributed by atoms with Crippen molar-refractivity contribution in [2.24, 2.45) is 7.05 Å². The first kappa shape index (κ1) is 12.0. The summed E-state index contributed by atoms with van der Waals surface area (Å²) in [4.78, 5) is 0. The molecular weight excluding hydrogens is 228 g/mol. The van der Waals surface area contributed by atoms with Gasteiger partial charge in [0.1, 0.15) is 11.8 Å². The van der Waals surface area contributed by atoms with E-state index in [9.17, 15) is 0 Å². The Kier molecular flexibility index (Phi) is 3.20. The first-order valence-corrected chi connectivity index (χ1v) is 5.50. The highest BCUT2D eigenvalue weighted by Gasteiger charge is 2.07. The summed E-state index contributed by atoms with van der Waals surface area (Å²) in [5.74, 6) is 1.41. The Hall–Kier alpha value is -2.48. The maximum atomic E-state index is 9.06. The van der Waals surface area contributed by atoms with Crippen molar-refractivity contribution < 1.29 is 4.74 Å². The normalized spacial score (nSPS) is 9.89. The number of hydrogen-bond acceptors (Lipinski definition) is 4. The summed E-state index contributed by atoms with van der Waals surface area (Å²) >= 11 is 0. The Morgan fingerprint density at radius 1 is 1.39 bits per heavy atom. The summed E-state index contributed by atoms with van der Waals surface area (Å²) in [6.45, 7) is 1.97. The number of benzene rings is 1. The number of anilines is 2. The molecule has 0 unspecified atom stereocenters. The molecule has 0 bridgehead atoms. The van der Waals surface area contributed by atoms with Gasteiger partial charge in [-0.15, -0.1) is 0 Å². The van der Waals surface area contributed by atoms with E-state index >= 15 is 0 Å². The molecule has 0 aliphatic heterocycles. The third-order valence-electron chi connectivity index (χ3n) is 2.72. The second-order valence-electron chi connectivity index (χ2n) is 3.94. The predicted octanol–water partition coefficient (Wildman–Crippen LogP) is 2.35. The van der Waals surface area contributed by atoms with Crippen molar-refractivity contribution in [3.05, 3.63) is 35.5 Å². The monoisotopic (exact) mass is 242 g/mol. The molecule has 5 nitrogen and oxygen atoms in total. The van der Waals surface area contributed by atoms with Gasteiger partial charge in [-0.1, -0.05) is 0 Å². The van der Waals surface area contributed by atoms with Crippen molar-refractivity contribution in [3.63, 3.8) is 0 Å². The van der Waals surface area contributed by atoms with Gasteiger partial charge in [0.25, 0.3) is 0 Å². The van der Waals surface area contributed by atoms with Crippen molar-refractivity contribution in [1.29, 1.82) is 5.26 Å². The van der Waals surface area contributed by atoms with Crippen LogP contribution in [0.4, 0.5) is 11.5 Å². The van der Waals surface area contributed by atoms with Gasteiger partial charge in [0.15, 0.2) is 5.82 Å². The lowest BCUT2D eigenvalue weighted by Gasteiger charge is -2.07. The van der Waals surface area contributed by atoms with Crippen LogP contribution in [0.2, 0.25) is 0 Å². The molecule has 0 aliphatic rings. The molecule has 1 heterocycles. The first-order chi connectivity index (χ1) is 8.63. The zero-order chi connectivity index (χ0) is 13.1. The van der Waals surface area contributed by atoms with Gasteiger partial charge in [-0.2, -0.15) is 10.4 Å². The largest absolute Gasteiger partial charge is 0.497 e. The number of aromatic nitrogens is 2. The summed E-state index contributed by atoms with van der Waals surface area (Å²) in [7, 11) is 3.47. The van der Waals surface area contributed by atoms with Crippen molar-refractivity contribution in [2.45, 2.75) is 6.92 Å². The van der Waals surface area contributed by atoms with Crippen molar-refractivity contribution >= 4 is 11.5 Å². The standard InChI is InChI=1S/C13H14N4O/c1-9-6-13(16-17(9)2)15-12-7-11(18-3)5-4-10(12)8-14/h4-7H,1-3H3,(H,15,16). The van der Waals surface area contributed by atoms with Gasteiger partial charge in [0, 0.05) is 24.9 Å². The van der Waals surface area contributed by atoms with E-state index in [2.05, 4.69) is 16.5 Å². The van der Waals surface area contributed by atoms with E-state index in [0.29, 0.717) is 22.8 Å². The molecule has 0 saturated carbocycles. The number of rotatable bonds is 3. The van der Waals surface area contributed by atoms with Gasteiger partial charge < -0.3 is 10.1 Å². The summed E-state index contributed by atoms with van der Waals surface area (Å²) in [5, 5.41) is 16.5. The highest BCUT2D eigenvalue weighted by molar-refractivity contribution is 5.66. The molecule has 0 spiro atoms. The minimum Gasteiger partial charge on any atom is -0.497 e. The predicted molar refractivity (Wildman–Crippen MR) is 68.9 cm³/mol. The second kappa shape index (κ2) is 4.80. The summed E-state index contributed by atoms with van der Waals surface area (Å²) in [6, 6.07) is 9.31. The van der Waals surface area contributed by atoms with Crippen LogP contribution in [0.15, 0.2) is 24.3 Å². The van der Waals surface area contributed by atoms with E-state index in [1.165, 1.54) is 0 Å². The van der Waals surface area contributed by atoms with Gasteiger partial charge in [0.05, 0.1) is 18.4 Å². The molecule has 18 heavy (non-hydrogen) atoms. The van der Waals surface area contributed by atoms with Crippen LogP contribution < -0.4 is 10.1 Å². The highest BCUT2D eigenvalue weighted by Crippen LogP contribution is 2.25. The minimum absolute atomic E-state index is 0.555. The summed E-state index contributed by atoms with van der Waals surface area (Å²) in [6.07, 6.45) is 0. The van der Waals surface area contributed by atoms with Crippen LogP contribution in [0, 0.1) is 18.3 Å². The Morgan fingerprint density at radius 2 is 2.17 bits per heavy atom. The fourth-order valence-electron chi connectivity index (χ4n) is 1.61. The molecule has 0 atom stereocenters. The molecule has 1 aromatic carbocycles. The third-order valence-corrected chi connectivity index (χ3v) is 2.72. The lowest BCUT2D eigenvalue weighted by atomic mass is 10.2. The van der Waals surface area contributed by atoms with Gasteiger partial charge in [-0.05, 0) is 19.1 Å². The zero-order valence-corrected chi connectivity index (χ0v) is 10.6. The number of aryl methyl sites for hydroxylation is 2. The molecule has 2 aromatic rings. The number of ether oxygens (including phenoxy) is 1. The van der Waals surface area contributed by atoms with Crippen molar-refractivity contribution in [1.82, 2.24) is 9.78 Å². The van der Waals surface area contributed by atoms with Crippen LogP contribution in [0.25, 0.3) is 0 Å². The number of nitriles is 1. The fraction of sp³-hybridized carbons (Fsp3) is 0.231. The number of nitrogens with one attached hydrogen (secondary N) is 1. The Bertz CT molecular complexity index is 590. The molecule has 1 aromatic heterocycles. The Labute approximate surface area is 106 Å². The molecule has 0 amide bonds. The van der Waals surface area contributed by atoms with E-state index in [1.54, 1.807) is 30.0 Å². The van der Waals surface area contributed by atoms with E-state index in [4.69, 9.17) is 10.00 Å². The van der Waals surface area contributed by atoms with Crippen molar-refractivity contribution in [3.8, 4) is 11.8 Å². The van der Waals surface area contributed by atoms with Crippen LogP contribution >= 0.6 is 0 Å². The van der Waals surface area contributed by atoms with Gasteiger partial charge >= 0.3 is 0 Å². The van der Waals surface area contributed by atoms with Gasteiger partial charge in [-0.25, -0.2) is 0 Å². The second-order valence-corrected chi connectivity index (χ2v) is 3.94. The first-order valence-electron chi connectivity index (χ1n) is 5.50. The molecule has 5 heteroatoms. The summed E-state index contributed by atoms with van der Waals surface area (Å²) < 4.78 is 6.92. The fourth-order valence-corrected chi connectivity index (χ4v) is 1.61. The average Bonchev–Trinajstić information content (AvgIpc) is 2.68. The molecule has 0 saturated heterocycles. The lowest BCUT2D eigenvalue weighted by Crippen LogP contribution is -1.97. The summed E-state index contributed by atoms with van der Waals surface area (Å²) in [5.41, 5.74) is 2.29. The van der Waals surface area contributed by atoms with Crippen LogP contribution in [0.1, 0.15) is 11.3 Å². The molecule has 0 fully saturated rings. The van der Waals surface area contributed by atoms with E-state index in [0.717, 1.165) is 5.69 Å². The van der Waals surface area contributed by atoms with Crippen LogP contribution in [-0.2, 0) is 7.05 Å². The maximum absolute atomic E-state index is 9.06. The van der Waals surface area contributed by atoms with Crippen molar-refractivity contribution in [2.75, 3.05) is 12.4 Å². The van der Waals surface area contributed by atoms with E-state index < -0.39 is 0 Å². The van der Waals surface area contributed by atoms with Gasteiger partial charge in [-0.3, -0.25) is 4.68 Å². The molecule has 2 rings (SSSR count). The Balaban J connectivity index is 2.35. The molecule has 0 aliphatic carbocycles. The SMILES string of the molecule is COc1ccc(C#N)c(Nc2cc(C)n(C)n2)c1. The minimum atomic E-state index is 0.555. The van der Waals surface area contributed by atoms with Crippen LogP contribution in [-0.4, -0.2) is 16.9 Å². The number of nitrogens with zero attached hydrogens (tertiary/aromatic N) is 3. The molecule has 1 N–H and O–H groups in total. The zero-order valence-electron chi connectivity index (χ0n) is 10.6.